The number of rotatable bonds is 4. The molecule has 0 amide bonds. The molecule has 0 bridgehead atoms. The van der Waals surface area contributed by atoms with E-state index in [1.165, 1.54) is 0 Å². The standard InChI is InChI=1S/C16H20ClNO/c1-9(2)15(10(3)4)16(19)13-8-18-14-6-5-11(17)7-12(13)14/h5-10,15,18H,1-4H3. The van der Waals surface area contributed by atoms with Crippen LogP contribution in [0.1, 0.15) is 38.1 Å². The highest BCUT2D eigenvalue weighted by molar-refractivity contribution is 6.31. The zero-order valence-electron chi connectivity index (χ0n) is 11.8. The molecule has 102 valence electrons. The third kappa shape index (κ3) is 2.69. The first-order chi connectivity index (χ1) is 8.91. The Balaban J connectivity index is 2.49. The molecule has 1 N–H and O–H groups in total. The first-order valence-electron chi connectivity index (χ1n) is 6.72. The van der Waals surface area contributed by atoms with Crippen molar-refractivity contribution >= 4 is 28.3 Å². The zero-order chi connectivity index (χ0) is 14.2. The Morgan fingerprint density at radius 1 is 1.16 bits per heavy atom. The number of aromatic amines is 1. The lowest BCUT2D eigenvalue weighted by Gasteiger charge is -2.23. The van der Waals surface area contributed by atoms with E-state index < -0.39 is 0 Å². The van der Waals surface area contributed by atoms with E-state index in [1.807, 2.05) is 18.2 Å². The monoisotopic (exact) mass is 277 g/mol. The van der Waals surface area contributed by atoms with E-state index in [4.69, 9.17) is 11.6 Å². The number of benzene rings is 1. The first-order valence-corrected chi connectivity index (χ1v) is 7.10. The fourth-order valence-corrected chi connectivity index (χ4v) is 3.02. The van der Waals surface area contributed by atoms with Crippen molar-refractivity contribution in [2.24, 2.45) is 17.8 Å². The molecule has 1 aromatic carbocycles. The molecule has 0 atom stereocenters. The van der Waals surface area contributed by atoms with Crippen molar-refractivity contribution in [3.05, 3.63) is 35.0 Å². The van der Waals surface area contributed by atoms with Gasteiger partial charge < -0.3 is 4.98 Å². The van der Waals surface area contributed by atoms with Gasteiger partial charge in [-0.25, -0.2) is 0 Å². The van der Waals surface area contributed by atoms with Gasteiger partial charge in [-0.05, 0) is 30.0 Å². The minimum atomic E-state index is 0.0398. The number of Topliss-reactive ketones (excluding diaryl/α,β-unsaturated/α-hetero) is 1. The van der Waals surface area contributed by atoms with Gasteiger partial charge in [0.1, 0.15) is 0 Å². The Kier molecular flexibility index (Phi) is 4.00. The van der Waals surface area contributed by atoms with Crippen LogP contribution in [0, 0.1) is 17.8 Å². The average Bonchev–Trinajstić information content (AvgIpc) is 2.70. The van der Waals surface area contributed by atoms with E-state index in [0.29, 0.717) is 16.9 Å². The smallest absolute Gasteiger partial charge is 0.168 e. The molecule has 19 heavy (non-hydrogen) atoms. The third-order valence-corrected chi connectivity index (χ3v) is 3.88. The lowest BCUT2D eigenvalue weighted by Crippen LogP contribution is -2.25. The topological polar surface area (TPSA) is 32.9 Å². The van der Waals surface area contributed by atoms with Crippen LogP contribution in [-0.2, 0) is 0 Å². The third-order valence-electron chi connectivity index (χ3n) is 3.65. The van der Waals surface area contributed by atoms with E-state index in [1.54, 1.807) is 6.20 Å². The van der Waals surface area contributed by atoms with E-state index in [-0.39, 0.29) is 11.7 Å². The van der Waals surface area contributed by atoms with Gasteiger partial charge in [-0.1, -0.05) is 39.3 Å². The van der Waals surface area contributed by atoms with Crippen LogP contribution in [0.2, 0.25) is 5.02 Å². The number of aromatic nitrogens is 1. The van der Waals surface area contributed by atoms with Gasteiger partial charge in [0, 0.05) is 33.6 Å². The highest BCUT2D eigenvalue weighted by Crippen LogP contribution is 2.29. The minimum absolute atomic E-state index is 0.0398. The molecule has 0 unspecified atom stereocenters. The highest BCUT2D eigenvalue weighted by Gasteiger charge is 2.28. The number of nitrogens with one attached hydrogen (secondary N) is 1. The summed E-state index contributed by atoms with van der Waals surface area (Å²) in [4.78, 5) is 15.9. The summed E-state index contributed by atoms with van der Waals surface area (Å²) >= 11 is 6.03. The van der Waals surface area contributed by atoms with Gasteiger partial charge in [-0.15, -0.1) is 0 Å². The summed E-state index contributed by atoms with van der Waals surface area (Å²) in [5.74, 6) is 0.907. The quantitative estimate of drug-likeness (QED) is 0.790. The predicted octanol–water partition coefficient (Wildman–Crippen LogP) is 4.93. The maximum absolute atomic E-state index is 12.8. The molecule has 0 radical (unpaired) electrons. The molecule has 2 aromatic rings. The van der Waals surface area contributed by atoms with Crippen LogP contribution in [0.15, 0.2) is 24.4 Å². The van der Waals surface area contributed by atoms with E-state index >= 15 is 0 Å². The van der Waals surface area contributed by atoms with Crippen LogP contribution < -0.4 is 0 Å². The van der Waals surface area contributed by atoms with Crippen LogP contribution in [-0.4, -0.2) is 10.8 Å². The SMILES string of the molecule is CC(C)C(C(=O)c1c[nH]c2ccc(Cl)cc12)C(C)C. The molecule has 2 rings (SSSR count). The summed E-state index contributed by atoms with van der Waals surface area (Å²) in [6.07, 6.45) is 1.81. The second-order valence-corrected chi connectivity index (χ2v) is 6.21. The Labute approximate surface area is 119 Å². The summed E-state index contributed by atoms with van der Waals surface area (Å²) in [6, 6.07) is 5.60. The van der Waals surface area contributed by atoms with Crippen LogP contribution in [0.3, 0.4) is 0 Å². The molecule has 3 heteroatoms. The normalized spacial score (nSPS) is 12.0. The largest absolute Gasteiger partial charge is 0.360 e. The molecule has 0 saturated heterocycles. The van der Waals surface area contributed by atoms with Crippen LogP contribution in [0.4, 0.5) is 0 Å². The van der Waals surface area contributed by atoms with Gasteiger partial charge in [-0.3, -0.25) is 4.79 Å². The molecule has 0 aliphatic carbocycles. The van der Waals surface area contributed by atoms with Crippen molar-refractivity contribution in [2.75, 3.05) is 0 Å². The Hall–Kier alpha value is -1.28. The van der Waals surface area contributed by atoms with Crippen molar-refractivity contribution in [1.82, 2.24) is 4.98 Å². The van der Waals surface area contributed by atoms with E-state index in [2.05, 4.69) is 32.7 Å². The van der Waals surface area contributed by atoms with Crippen molar-refractivity contribution in [2.45, 2.75) is 27.7 Å². The van der Waals surface area contributed by atoms with Gasteiger partial charge in [0.05, 0.1) is 0 Å². The lowest BCUT2D eigenvalue weighted by atomic mass is 9.80. The molecule has 1 aromatic heterocycles. The second-order valence-electron chi connectivity index (χ2n) is 5.77. The molecule has 1 heterocycles. The minimum Gasteiger partial charge on any atom is -0.360 e. The van der Waals surface area contributed by atoms with Gasteiger partial charge in [0.15, 0.2) is 5.78 Å². The van der Waals surface area contributed by atoms with Crippen LogP contribution in [0.5, 0.6) is 0 Å². The molecule has 0 aliphatic rings. The predicted molar refractivity (Wildman–Crippen MR) is 80.8 cm³/mol. The Bertz CT molecular complexity index is 590. The number of carbonyl (C=O) groups excluding carboxylic acids is 1. The fraction of sp³-hybridized carbons (Fsp3) is 0.438. The summed E-state index contributed by atoms with van der Waals surface area (Å²) in [7, 11) is 0. The number of halogens is 1. The number of carbonyl (C=O) groups is 1. The number of hydrogen-bond acceptors (Lipinski definition) is 1. The van der Waals surface area contributed by atoms with Crippen LogP contribution >= 0.6 is 11.6 Å². The van der Waals surface area contributed by atoms with E-state index in [9.17, 15) is 4.79 Å². The second kappa shape index (κ2) is 5.38. The number of hydrogen-bond donors (Lipinski definition) is 1. The summed E-state index contributed by atoms with van der Waals surface area (Å²) in [5, 5.41) is 1.58. The molecule has 0 saturated carbocycles. The van der Waals surface area contributed by atoms with Crippen LogP contribution in [0.25, 0.3) is 10.9 Å². The lowest BCUT2D eigenvalue weighted by molar-refractivity contribution is 0.0841. The zero-order valence-corrected chi connectivity index (χ0v) is 12.6. The van der Waals surface area contributed by atoms with Gasteiger partial charge >= 0.3 is 0 Å². The maximum Gasteiger partial charge on any atom is 0.168 e. The molecular formula is C16H20ClNO. The summed E-state index contributed by atoms with van der Waals surface area (Å²) in [6.45, 7) is 8.41. The maximum atomic E-state index is 12.8. The molecule has 0 aliphatic heterocycles. The average molecular weight is 278 g/mol. The van der Waals surface area contributed by atoms with Crippen molar-refractivity contribution < 1.29 is 4.79 Å². The number of ketones is 1. The number of H-pyrrole nitrogens is 1. The number of fused-ring (bicyclic) bond motifs is 1. The molecule has 0 spiro atoms. The van der Waals surface area contributed by atoms with Crippen molar-refractivity contribution in [1.29, 1.82) is 0 Å². The summed E-state index contributed by atoms with van der Waals surface area (Å²) in [5.41, 5.74) is 1.71. The van der Waals surface area contributed by atoms with E-state index in [0.717, 1.165) is 16.5 Å². The molecular weight excluding hydrogens is 258 g/mol. The Morgan fingerprint density at radius 2 is 1.79 bits per heavy atom. The summed E-state index contributed by atoms with van der Waals surface area (Å²) < 4.78 is 0. The molecule has 0 fully saturated rings. The fourth-order valence-electron chi connectivity index (χ4n) is 2.85. The van der Waals surface area contributed by atoms with Gasteiger partial charge in [0.25, 0.3) is 0 Å². The van der Waals surface area contributed by atoms with Gasteiger partial charge in [-0.2, -0.15) is 0 Å². The van der Waals surface area contributed by atoms with Crippen molar-refractivity contribution in [3.63, 3.8) is 0 Å². The first kappa shape index (κ1) is 14.1. The molecule has 2 nitrogen and oxygen atoms in total. The highest BCUT2D eigenvalue weighted by atomic mass is 35.5. The van der Waals surface area contributed by atoms with Gasteiger partial charge in [0.2, 0.25) is 0 Å². The van der Waals surface area contributed by atoms with Crippen molar-refractivity contribution in [3.8, 4) is 0 Å². The Morgan fingerprint density at radius 3 is 2.37 bits per heavy atom.